The van der Waals surface area contributed by atoms with E-state index in [1.165, 1.54) is 29.7 Å². The third kappa shape index (κ3) is 5.40. The molecule has 35 heavy (non-hydrogen) atoms. The summed E-state index contributed by atoms with van der Waals surface area (Å²) in [5, 5.41) is 4.50. The average Bonchev–Trinajstić information content (AvgIpc) is 3.28. The zero-order valence-corrected chi connectivity index (χ0v) is 20.0. The van der Waals surface area contributed by atoms with Crippen LogP contribution in [0.1, 0.15) is 31.2 Å². The van der Waals surface area contributed by atoms with Crippen molar-refractivity contribution in [2.24, 2.45) is 0 Å². The second-order valence-electron chi connectivity index (χ2n) is 8.41. The van der Waals surface area contributed by atoms with Gasteiger partial charge in [0, 0.05) is 42.7 Å². The third-order valence-corrected chi connectivity index (χ3v) is 6.16. The van der Waals surface area contributed by atoms with Gasteiger partial charge in [-0.15, -0.1) is 0 Å². The first kappa shape index (κ1) is 24.1. The number of fused-ring (bicyclic) bond motifs is 2. The van der Waals surface area contributed by atoms with Crippen molar-refractivity contribution in [3.05, 3.63) is 69.0 Å². The van der Waals surface area contributed by atoms with Gasteiger partial charge in [0.15, 0.2) is 11.5 Å². The van der Waals surface area contributed by atoms with Gasteiger partial charge in [-0.05, 0) is 37.0 Å². The van der Waals surface area contributed by atoms with Crippen molar-refractivity contribution in [3.8, 4) is 11.5 Å². The number of methoxy groups -OCH3 is 2. The Balaban J connectivity index is 1.25. The maximum atomic E-state index is 12.9. The van der Waals surface area contributed by atoms with Gasteiger partial charge in [-0.3, -0.25) is 14.2 Å². The number of H-pyrrole nitrogens is 2. The number of hydrogen-bond donors (Lipinski definition) is 3. The second kappa shape index (κ2) is 10.9. The number of nitrogens with one attached hydrogen (secondary N) is 3. The first-order valence-corrected chi connectivity index (χ1v) is 11.7. The van der Waals surface area contributed by atoms with E-state index in [-0.39, 0.29) is 18.0 Å². The second-order valence-corrected chi connectivity index (χ2v) is 8.41. The minimum absolute atomic E-state index is 0.00611. The lowest BCUT2D eigenvalue weighted by Gasteiger charge is -2.10. The van der Waals surface area contributed by atoms with Crippen LogP contribution in [0.5, 0.6) is 11.5 Å². The van der Waals surface area contributed by atoms with Gasteiger partial charge in [-0.1, -0.05) is 24.6 Å². The molecule has 2 aromatic carbocycles. The van der Waals surface area contributed by atoms with Crippen molar-refractivity contribution in [2.75, 3.05) is 20.8 Å². The number of amides is 1. The Hall–Kier alpha value is -4.01. The number of carbonyl (C=O) groups excluding carboxylic acids is 1. The predicted octanol–water partition coefficient (Wildman–Crippen LogP) is 3.11. The first-order chi connectivity index (χ1) is 17.0. The molecule has 0 radical (unpaired) electrons. The molecule has 0 fully saturated rings. The fourth-order valence-electron chi connectivity index (χ4n) is 4.28. The zero-order chi connectivity index (χ0) is 24.8. The monoisotopic (exact) mass is 478 g/mol. The van der Waals surface area contributed by atoms with Crippen LogP contribution in [0.3, 0.4) is 0 Å². The maximum Gasteiger partial charge on any atom is 0.328 e. The molecule has 0 saturated carbocycles. The van der Waals surface area contributed by atoms with E-state index < -0.39 is 5.69 Å². The van der Waals surface area contributed by atoms with Crippen LogP contribution in [0.15, 0.2) is 52.2 Å². The van der Waals surface area contributed by atoms with Crippen LogP contribution in [0.25, 0.3) is 21.8 Å². The summed E-state index contributed by atoms with van der Waals surface area (Å²) in [7, 11) is 2.99. The molecule has 0 aliphatic heterocycles. The van der Waals surface area contributed by atoms with E-state index in [2.05, 4.69) is 21.4 Å². The van der Waals surface area contributed by atoms with Crippen LogP contribution in [-0.4, -0.2) is 41.2 Å². The molecule has 2 aromatic heterocycles. The van der Waals surface area contributed by atoms with Crippen LogP contribution in [0.2, 0.25) is 0 Å². The molecule has 3 N–H and O–H groups in total. The molecule has 184 valence electrons. The Labute approximate surface area is 202 Å². The number of aromatic nitrogens is 3. The molecule has 0 saturated heterocycles. The first-order valence-electron chi connectivity index (χ1n) is 11.7. The molecule has 9 nitrogen and oxygen atoms in total. The summed E-state index contributed by atoms with van der Waals surface area (Å²) in [5.41, 5.74) is 1.84. The zero-order valence-electron chi connectivity index (χ0n) is 20.0. The fraction of sp³-hybridized carbons (Fsp3) is 0.346. The van der Waals surface area contributed by atoms with Crippen molar-refractivity contribution in [1.29, 1.82) is 0 Å². The quantitative estimate of drug-likeness (QED) is 0.286. The van der Waals surface area contributed by atoms with Gasteiger partial charge in [0.25, 0.3) is 5.56 Å². The van der Waals surface area contributed by atoms with Gasteiger partial charge in [0.05, 0.1) is 25.1 Å². The average molecular weight is 479 g/mol. The van der Waals surface area contributed by atoms with Gasteiger partial charge in [-0.2, -0.15) is 0 Å². The molecule has 0 atom stereocenters. The highest BCUT2D eigenvalue weighted by atomic mass is 16.5. The number of hydrogen-bond acceptors (Lipinski definition) is 5. The smallest absolute Gasteiger partial charge is 0.328 e. The normalized spacial score (nSPS) is 11.1. The van der Waals surface area contributed by atoms with E-state index in [9.17, 15) is 14.4 Å². The van der Waals surface area contributed by atoms with E-state index in [1.54, 1.807) is 12.1 Å². The Kier molecular flexibility index (Phi) is 7.54. The van der Waals surface area contributed by atoms with Crippen LogP contribution >= 0.6 is 0 Å². The van der Waals surface area contributed by atoms with Crippen LogP contribution < -0.4 is 26.0 Å². The van der Waals surface area contributed by atoms with Crippen molar-refractivity contribution in [1.82, 2.24) is 19.9 Å². The number of ether oxygens (including phenoxy) is 2. The van der Waals surface area contributed by atoms with Crippen LogP contribution in [0.4, 0.5) is 0 Å². The molecule has 0 aliphatic rings. The van der Waals surface area contributed by atoms with Crippen molar-refractivity contribution in [2.45, 2.75) is 38.6 Å². The molecule has 0 spiro atoms. The molecule has 9 heteroatoms. The molecule has 0 bridgehead atoms. The number of unbranched alkanes of at least 4 members (excludes halogenated alkanes) is 2. The number of rotatable bonds is 11. The van der Waals surface area contributed by atoms with Gasteiger partial charge in [-0.25, -0.2) is 4.79 Å². The molecule has 4 aromatic rings. The summed E-state index contributed by atoms with van der Waals surface area (Å²) >= 11 is 0. The van der Waals surface area contributed by atoms with Crippen LogP contribution in [0, 0.1) is 0 Å². The molecule has 0 unspecified atom stereocenters. The summed E-state index contributed by atoms with van der Waals surface area (Å²) in [6, 6.07) is 11.3. The minimum atomic E-state index is -0.468. The molecule has 4 rings (SSSR count). The summed E-state index contributed by atoms with van der Waals surface area (Å²) in [6.07, 6.45) is 5.19. The Morgan fingerprint density at radius 3 is 2.54 bits per heavy atom. The molecule has 0 aliphatic carbocycles. The highest BCUT2D eigenvalue weighted by Crippen LogP contribution is 2.29. The predicted molar refractivity (Wildman–Crippen MR) is 135 cm³/mol. The number of benzene rings is 2. The van der Waals surface area contributed by atoms with E-state index in [1.807, 2.05) is 24.4 Å². The number of aromatic amines is 2. The maximum absolute atomic E-state index is 12.9. The van der Waals surface area contributed by atoms with Crippen molar-refractivity contribution < 1.29 is 14.3 Å². The largest absolute Gasteiger partial charge is 0.493 e. The molecular formula is C26H30N4O5. The van der Waals surface area contributed by atoms with Crippen molar-refractivity contribution >= 4 is 27.7 Å². The number of carbonyl (C=O) groups is 1. The SMILES string of the molecule is COc1cc2[nH]c(=O)n(CCCCCC(=O)NCCc3c[nH]c4ccccc34)c(=O)c2cc1OC. The lowest BCUT2D eigenvalue weighted by molar-refractivity contribution is -0.121. The van der Waals surface area contributed by atoms with Gasteiger partial charge >= 0.3 is 5.69 Å². The highest BCUT2D eigenvalue weighted by Gasteiger charge is 2.13. The van der Waals surface area contributed by atoms with Gasteiger partial charge in [0.1, 0.15) is 0 Å². The van der Waals surface area contributed by atoms with E-state index in [0.29, 0.717) is 48.2 Å². The van der Waals surface area contributed by atoms with Crippen molar-refractivity contribution in [3.63, 3.8) is 0 Å². The van der Waals surface area contributed by atoms with E-state index in [0.717, 1.165) is 18.4 Å². The standard InChI is InChI=1S/C26H30N4O5/c1-34-22-14-19-21(15-23(22)35-2)29-26(33)30(25(19)32)13-7-3-4-10-24(31)27-12-11-17-16-28-20-9-6-5-8-18(17)20/h5-6,8-9,14-16,28H,3-4,7,10-13H2,1-2H3,(H,27,31)(H,29,33). The van der Waals surface area contributed by atoms with Gasteiger partial charge in [0.2, 0.25) is 5.91 Å². The lowest BCUT2D eigenvalue weighted by atomic mass is 10.1. The number of nitrogens with zero attached hydrogens (tertiary/aromatic N) is 1. The Morgan fingerprint density at radius 1 is 0.971 bits per heavy atom. The highest BCUT2D eigenvalue weighted by molar-refractivity contribution is 5.83. The summed E-state index contributed by atoms with van der Waals surface area (Å²) in [4.78, 5) is 43.5. The van der Waals surface area contributed by atoms with E-state index in [4.69, 9.17) is 9.47 Å². The minimum Gasteiger partial charge on any atom is -0.493 e. The number of para-hydroxylation sites is 1. The van der Waals surface area contributed by atoms with E-state index >= 15 is 0 Å². The third-order valence-electron chi connectivity index (χ3n) is 6.16. The summed E-state index contributed by atoms with van der Waals surface area (Å²) < 4.78 is 11.7. The molecule has 1 amide bonds. The lowest BCUT2D eigenvalue weighted by Crippen LogP contribution is -2.35. The summed E-state index contributed by atoms with van der Waals surface area (Å²) in [6.45, 7) is 0.859. The Morgan fingerprint density at radius 2 is 1.74 bits per heavy atom. The fourth-order valence-corrected chi connectivity index (χ4v) is 4.28. The van der Waals surface area contributed by atoms with Gasteiger partial charge < -0.3 is 24.8 Å². The molecular weight excluding hydrogens is 448 g/mol. The summed E-state index contributed by atoms with van der Waals surface area (Å²) in [5.74, 6) is 0.866. The topological polar surface area (TPSA) is 118 Å². The van der Waals surface area contributed by atoms with Crippen LogP contribution in [-0.2, 0) is 17.8 Å². The molecule has 2 heterocycles. The Bertz CT molecular complexity index is 1450.